The smallest absolute Gasteiger partial charge is 0.342 e. The van der Waals surface area contributed by atoms with E-state index in [0.29, 0.717) is 12.2 Å². The van der Waals surface area contributed by atoms with Gasteiger partial charge in [0.15, 0.2) is 0 Å². The Hall–Kier alpha value is -3.42. The fourth-order valence-corrected chi connectivity index (χ4v) is 2.46. The monoisotopic (exact) mass is 372 g/mol. The van der Waals surface area contributed by atoms with Gasteiger partial charge >= 0.3 is 11.9 Å². The molecule has 0 N–H and O–H groups in total. The third-order valence-electron chi connectivity index (χ3n) is 3.72. The summed E-state index contributed by atoms with van der Waals surface area (Å²) in [5, 5.41) is 10.7. The number of ether oxygens (including phenoxy) is 2. The predicted molar refractivity (Wildman–Crippen MR) is 98.9 cm³/mol. The molecule has 0 radical (unpaired) electrons. The number of nitro benzene ring substituents is 1. The van der Waals surface area contributed by atoms with Crippen LogP contribution in [0.25, 0.3) is 0 Å². The molecule has 0 heterocycles. The zero-order valence-corrected chi connectivity index (χ0v) is 15.3. The summed E-state index contributed by atoms with van der Waals surface area (Å²) in [6, 6.07) is 11.1. The van der Waals surface area contributed by atoms with E-state index in [1.165, 1.54) is 25.1 Å². The maximum absolute atomic E-state index is 12.2. The Morgan fingerprint density at radius 2 is 1.81 bits per heavy atom. The van der Waals surface area contributed by atoms with E-state index in [9.17, 15) is 19.7 Å². The Morgan fingerprint density at radius 3 is 2.37 bits per heavy atom. The Balaban J connectivity index is 2.25. The lowest BCUT2D eigenvalue weighted by Crippen LogP contribution is -2.18. The number of hydrogen-bond donors (Lipinski definition) is 0. The SMILES string of the molecule is CCOC(=O)c1cc(N(C)Cc2ccc([N+](=O)[O-])cc2)ccc1OC(C)=O. The lowest BCUT2D eigenvalue weighted by molar-refractivity contribution is -0.384. The molecule has 8 nitrogen and oxygen atoms in total. The van der Waals surface area contributed by atoms with Crippen molar-refractivity contribution in [2.45, 2.75) is 20.4 Å². The molecule has 2 aromatic carbocycles. The minimum absolute atomic E-state index is 0.0248. The molecule has 0 spiro atoms. The van der Waals surface area contributed by atoms with Crippen molar-refractivity contribution >= 4 is 23.3 Å². The average molecular weight is 372 g/mol. The van der Waals surface area contributed by atoms with Gasteiger partial charge in [-0.1, -0.05) is 12.1 Å². The van der Waals surface area contributed by atoms with Crippen LogP contribution in [0.1, 0.15) is 29.8 Å². The van der Waals surface area contributed by atoms with E-state index in [4.69, 9.17) is 9.47 Å². The summed E-state index contributed by atoms with van der Waals surface area (Å²) in [6.45, 7) is 3.60. The van der Waals surface area contributed by atoms with Crippen LogP contribution in [-0.4, -0.2) is 30.5 Å². The highest BCUT2D eigenvalue weighted by atomic mass is 16.6. The number of carbonyl (C=O) groups excluding carboxylic acids is 2. The van der Waals surface area contributed by atoms with Crippen molar-refractivity contribution in [3.8, 4) is 5.75 Å². The highest BCUT2D eigenvalue weighted by Gasteiger charge is 2.17. The van der Waals surface area contributed by atoms with E-state index in [1.54, 1.807) is 31.2 Å². The summed E-state index contributed by atoms with van der Waals surface area (Å²) in [4.78, 5) is 35.6. The van der Waals surface area contributed by atoms with Crippen LogP contribution in [0.4, 0.5) is 11.4 Å². The zero-order valence-electron chi connectivity index (χ0n) is 15.3. The van der Waals surface area contributed by atoms with Gasteiger partial charge in [0, 0.05) is 38.3 Å². The topological polar surface area (TPSA) is 99.0 Å². The quantitative estimate of drug-likeness (QED) is 0.318. The molecule has 27 heavy (non-hydrogen) atoms. The molecule has 2 aromatic rings. The molecule has 0 saturated carbocycles. The number of benzene rings is 2. The number of rotatable bonds is 7. The highest BCUT2D eigenvalue weighted by molar-refractivity contribution is 5.94. The number of anilines is 1. The predicted octanol–water partition coefficient (Wildman–Crippen LogP) is 3.33. The molecule has 2 rings (SSSR count). The van der Waals surface area contributed by atoms with Gasteiger partial charge < -0.3 is 14.4 Å². The highest BCUT2D eigenvalue weighted by Crippen LogP contribution is 2.27. The summed E-state index contributed by atoms with van der Waals surface area (Å²) in [6.07, 6.45) is 0. The van der Waals surface area contributed by atoms with Gasteiger partial charge in [-0.25, -0.2) is 4.79 Å². The van der Waals surface area contributed by atoms with Gasteiger partial charge in [-0.2, -0.15) is 0 Å². The van der Waals surface area contributed by atoms with Crippen molar-refractivity contribution in [1.82, 2.24) is 0 Å². The summed E-state index contributed by atoms with van der Waals surface area (Å²) in [5.41, 5.74) is 1.74. The standard InChI is InChI=1S/C19H20N2O6/c1-4-26-19(23)17-11-16(9-10-18(17)27-13(2)22)20(3)12-14-5-7-15(8-6-14)21(24)25/h5-11H,4,12H2,1-3H3. The molecule has 0 amide bonds. The number of nitrogens with zero attached hydrogens (tertiary/aromatic N) is 2. The third-order valence-corrected chi connectivity index (χ3v) is 3.72. The minimum Gasteiger partial charge on any atom is -0.462 e. The van der Waals surface area contributed by atoms with Crippen LogP contribution in [-0.2, 0) is 16.1 Å². The summed E-state index contributed by atoms with van der Waals surface area (Å²) in [7, 11) is 1.82. The van der Waals surface area contributed by atoms with Crippen LogP contribution >= 0.6 is 0 Å². The molecule has 8 heteroatoms. The van der Waals surface area contributed by atoms with E-state index in [-0.39, 0.29) is 23.6 Å². The Labute approximate surface area is 156 Å². The normalized spacial score (nSPS) is 10.2. The first-order valence-electron chi connectivity index (χ1n) is 8.26. The molecule has 0 saturated heterocycles. The largest absolute Gasteiger partial charge is 0.462 e. The van der Waals surface area contributed by atoms with Crippen molar-refractivity contribution in [3.63, 3.8) is 0 Å². The van der Waals surface area contributed by atoms with E-state index in [0.717, 1.165) is 5.56 Å². The first-order chi connectivity index (χ1) is 12.8. The lowest BCUT2D eigenvalue weighted by Gasteiger charge is -2.21. The summed E-state index contributed by atoms with van der Waals surface area (Å²) < 4.78 is 10.1. The van der Waals surface area contributed by atoms with Crippen LogP contribution in [0, 0.1) is 10.1 Å². The van der Waals surface area contributed by atoms with Gasteiger partial charge in [0.1, 0.15) is 11.3 Å². The second-order valence-corrected chi connectivity index (χ2v) is 5.77. The first-order valence-corrected chi connectivity index (χ1v) is 8.26. The molecule has 0 fully saturated rings. The number of carbonyl (C=O) groups is 2. The third kappa shape index (κ3) is 5.27. The molecule has 0 bridgehead atoms. The summed E-state index contributed by atoms with van der Waals surface area (Å²) in [5.74, 6) is -0.986. The van der Waals surface area contributed by atoms with Crippen LogP contribution in [0.5, 0.6) is 5.75 Å². The van der Waals surface area contributed by atoms with E-state index < -0.39 is 16.9 Å². The van der Waals surface area contributed by atoms with Gasteiger partial charge in [0.25, 0.3) is 5.69 Å². The van der Waals surface area contributed by atoms with Gasteiger partial charge in [-0.15, -0.1) is 0 Å². The van der Waals surface area contributed by atoms with Crippen molar-refractivity contribution in [2.24, 2.45) is 0 Å². The van der Waals surface area contributed by atoms with Crippen molar-refractivity contribution < 1.29 is 24.0 Å². The van der Waals surface area contributed by atoms with Gasteiger partial charge in [0.05, 0.1) is 11.5 Å². The van der Waals surface area contributed by atoms with Crippen LogP contribution in [0.15, 0.2) is 42.5 Å². The molecule has 142 valence electrons. The van der Waals surface area contributed by atoms with E-state index in [1.807, 2.05) is 11.9 Å². The maximum Gasteiger partial charge on any atom is 0.342 e. The number of esters is 2. The Bertz CT molecular complexity index is 848. The van der Waals surface area contributed by atoms with Crippen molar-refractivity contribution in [2.75, 3.05) is 18.6 Å². The van der Waals surface area contributed by atoms with E-state index >= 15 is 0 Å². The first kappa shape index (κ1) is 19.9. The molecule has 0 aliphatic heterocycles. The molecule has 0 atom stereocenters. The van der Waals surface area contributed by atoms with Gasteiger partial charge in [-0.05, 0) is 30.7 Å². The van der Waals surface area contributed by atoms with Gasteiger partial charge in [-0.3, -0.25) is 14.9 Å². The maximum atomic E-state index is 12.2. The average Bonchev–Trinajstić information content (AvgIpc) is 2.62. The second-order valence-electron chi connectivity index (χ2n) is 5.77. The zero-order chi connectivity index (χ0) is 20.0. The lowest BCUT2D eigenvalue weighted by atomic mass is 10.1. The van der Waals surface area contributed by atoms with Crippen LogP contribution in [0.2, 0.25) is 0 Å². The summed E-state index contributed by atoms with van der Waals surface area (Å²) >= 11 is 0. The fourth-order valence-electron chi connectivity index (χ4n) is 2.46. The molecular weight excluding hydrogens is 352 g/mol. The van der Waals surface area contributed by atoms with Crippen molar-refractivity contribution in [1.29, 1.82) is 0 Å². The Morgan fingerprint density at radius 1 is 1.15 bits per heavy atom. The second kappa shape index (κ2) is 8.79. The molecule has 0 aliphatic rings. The van der Waals surface area contributed by atoms with Crippen LogP contribution in [0.3, 0.4) is 0 Å². The number of hydrogen-bond acceptors (Lipinski definition) is 7. The van der Waals surface area contributed by atoms with Crippen molar-refractivity contribution in [3.05, 3.63) is 63.7 Å². The number of non-ortho nitro benzene ring substituents is 1. The van der Waals surface area contributed by atoms with E-state index in [2.05, 4.69) is 0 Å². The molecule has 0 unspecified atom stereocenters. The molecule has 0 aromatic heterocycles. The van der Waals surface area contributed by atoms with Gasteiger partial charge in [0.2, 0.25) is 0 Å². The minimum atomic E-state index is -0.584. The van der Waals surface area contributed by atoms with Crippen LogP contribution < -0.4 is 9.64 Å². The fraction of sp³-hybridized carbons (Fsp3) is 0.263. The molecule has 0 aliphatic carbocycles. The Kier molecular flexibility index (Phi) is 6.48. The molecular formula is C19H20N2O6. The number of nitro groups is 1.